The predicted octanol–water partition coefficient (Wildman–Crippen LogP) is 4.79. The van der Waals surface area contributed by atoms with Gasteiger partial charge in [-0.2, -0.15) is 0 Å². The molecular weight excluding hydrogens is 424 g/mol. The number of rotatable bonds is 6. The number of carbonyl (C=O) groups is 1. The molecule has 0 radical (unpaired) electrons. The second kappa shape index (κ2) is 8.08. The molecule has 0 aliphatic heterocycles. The third kappa shape index (κ3) is 4.22. The minimum absolute atomic E-state index is 0.296. The van der Waals surface area contributed by atoms with Gasteiger partial charge in [-0.15, -0.1) is 0 Å². The summed E-state index contributed by atoms with van der Waals surface area (Å²) < 4.78 is 7.05. The summed E-state index contributed by atoms with van der Waals surface area (Å²) in [6.07, 6.45) is 1.69. The van der Waals surface area contributed by atoms with E-state index in [0.717, 1.165) is 21.8 Å². The van der Waals surface area contributed by atoms with Crippen LogP contribution < -0.4 is 0 Å². The highest BCUT2D eigenvalue weighted by molar-refractivity contribution is 9.10. The van der Waals surface area contributed by atoms with Crippen LogP contribution in [0.2, 0.25) is 0 Å². The molecule has 1 N–H and O–H groups in total. The zero-order valence-electron chi connectivity index (χ0n) is 12.8. The fourth-order valence-corrected chi connectivity index (χ4v) is 2.73. The van der Waals surface area contributed by atoms with Gasteiger partial charge in [0, 0.05) is 8.95 Å². The highest BCUT2D eigenvalue weighted by Gasteiger charge is 2.41. The maximum absolute atomic E-state index is 12.6. The molecule has 5 heteroatoms. The molecule has 0 fully saturated rings. The summed E-state index contributed by atoms with van der Waals surface area (Å²) in [6, 6.07) is 14.0. The Kier molecular flexibility index (Phi) is 6.39. The lowest BCUT2D eigenvalue weighted by atomic mass is 9.86. The van der Waals surface area contributed by atoms with Crippen LogP contribution >= 0.6 is 31.9 Å². The largest absolute Gasteiger partial charge is 0.463 e. The average molecular weight is 442 g/mol. The number of aliphatic hydroxyl groups is 1. The van der Waals surface area contributed by atoms with Crippen LogP contribution in [0.3, 0.4) is 0 Å². The fourth-order valence-electron chi connectivity index (χ4n) is 2.20. The molecule has 0 aromatic heterocycles. The molecular formula is C18H18Br2O3. The molecule has 0 saturated carbocycles. The molecule has 0 atom stereocenters. The van der Waals surface area contributed by atoms with Crippen LogP contribution in [-0.4, -0.2) is 17.7 Å². The highest BCUT2D eigenvalue weighted by Crippen LogP contribution is 2.32. The number of unbranched alkanes of at least 4 members (excludes halogenated alkanes) is 1. The lowest BCUT2D eigenvalue weighted by Gasteiger charge is -2.27. The molecule has 2 aromatic carbocycles. The van der Waals surface area contributed by atoms with Crippen molar-refractivity contribution < 1.29 is 14.6 Å². The van der Waals surface area contributed by atoms with E-state index in [9.17, 15) is 9.90 Å². The summed E-state index contributed by atoms with van der Waals surface area (Å²) in [5.74, 6) is -0.657. The van der Waals surface area contributed by atoms with Gasteiger partial charge in [0.1, 0.15) is 0 Å². The number of esters is 1. The second-order valence-electron chi connectivity index (χ2n) is 5.21. The summed E-state index contributed by atoms with van der Waals surface area (Å²) in [6.45, 7) is 2.31. The molecule has 122 valence electrons. The van der Waals surface area contributed by atoms with Crippen molar-refractivity contribution in [2.45, 2.75) is 25.4 Å². The van der Waals surface area contributed by atoms with E-state index in [1.165, 1.54) is 0 Å². The van der Waals surface area contributed by atoms with Gasteiger partial charge in [-0.3, -0.25) is 0 Å². The van der Waals surface area contributed by atoms with E-state index in [2.05, 4.69) is 31.9 Å². The van der Waals surface area contributed by atoms with Crippen molar-refractivity contribution in [1.29, 1.82) is 0 Å². The standard InChI is InChI=1S/C18H18Br2O3/c1-2-3-12-23-17(21)18(22,13-4-8-15(19)9-5-13)14-6-10-16(20)11-7-14/h4-11,22H,2-3,12H2,1H3. The number of ether oxygens (including phenoxy) is 1. The summed E-state index contributed by atoms with van der Waals surface area (Å²) >= 11 is 6.72. The Hall–Kier alpha value is -1.17. The van der Waals surface area contributed by atoms with Crippen molar-refractivity contribution in [3.8, 4) is 0 Å². The molecule has 0 amide bonds. The lowest BCUT2D eigenvalue weighted by molar-refractivity contribution is -0.162. The predicted molar refractivity (Wildman–Crippen MR) is 97.1 cm³/mol. The van der Waals surface area contributed by atoms with Crippen LogP contribution in [0.5, 0.6) is 0 Å². The molecule has 0 spiro atoms. The first kappa shape index (κ1) is 18.2. The third-order valence-corrected chi connectivity index (χ3v) is 4.61. The maximum Gasteiger partial charge on any atom is 0.347 e. The van der Waals surface area contributed by atoms with E-state index in [4.69, 9.17) is 4.74 Å². The van der Waals surface area contributed by atoms with Crippen LogP contribution in [-0.2, 0) is 15.1 Å². The van der Waals surface area contributed by atoms with E-state index in [1.807, 2.05) is 6.92 Å². The van der Waals surface area contributed by atoms with Crippen LogP contribution in [0, 0.1) is 0 Å². The lowest BCUT2D eigenvalue weighted by Crippen LogP contribution is -2.38. The number of hydrogen-bond donors (Lipinski definition) is 1. The van der Waals surface area contributed by atoms with Gasteiger partial charge in [0.25, 0.3) is 0 Å². The van der Waals surface area contributed by atoms with Gasteiger partial charge in [-0.25, -0.2) is 4.79 Å². The van der Waals surface area contributed by atoms with Crippen LogP contribution in [0.15, 0.2) is 57.5 Å². The first-order chi connectivity index (χ1) is 11.0. The fraction of sp³-hybridized carbons (Fsp3) is 0.278. The Bertz CT molecular complexity index is 605. The molecule has 0 aliphatic carbocycles. The molecule has 2 rings (SSSR count). The first-order valence-corrected chi connectivity index (χ1v) is 8.98. The summed E-state index contributed by atoms with van der Waals surface area (Å²) in [4.78, 5) is 12.6. The van der Waals surface area contributed by atoms with Gasteiger partial charge >= 0.3 is 5.97 Å². The summed E-state index contributed by atoms with van der Waals surface area (Å²) in [5, 5.41) is 11.2. The Balaban J connectivity index is 2.43. The smallest absolute Gasteiger partial charge is 0.347 e. The molecule has 2 aromatic rings. The van der Waals surface area contributed by atoms with E-state index in [-0.39, 0.29) is 0 Å². The van der Waals surface area contributed by atoms with E-state index in [1.54, 1.807) is 48.5 Å². The van der Waals surface area contributed by atoms with Gasteiger partial charge in [0.2, 0.25) is 5.60 Å². The Morgan fingerprint density at radius 1 is 1.00 bits per heavy atom. The Morgan fingerprint density at radius 3 is 1.83 bits per heavy atom. The van der Waals surface area contributed by atoms with Gasteiger partial charge in [-0.1, -0.05) is 69.5 Å². The van der Waals surface area contributed by atoms with Crippen molar-refractivity contribution in [3.63, 3.8) is 0 Å². The normalized spacial score (nSPS) is 11.3. The molecule has 0 heterocycles. The van der Waals surface area contributed by atoms with Crippen molar-refractivity contribution >= 4 is 37.8 Å². The Labute approximate surface area is 152 Å². The molecule has 3 nitrogen and oxygen atoms in total. The van der Waals surface area contributed by atoms with E-state index in [0.29, 0.717) is 17.7 Å². The molecule has 0 aliphatic rings. The van der Waals surface area contributed by atoms with Gasteiger partial charge < -0.3 is 9.84 Å². The van der Waals surface area contributed by atoms with E-state index >= 15 is 0 Å². The van der Waals surface area contributed by atoms with Gasteiger partial charge in [0.05, 0.1) is 6.61 Å². The quantitative estimate of drug-likeness (QED) is 0.517. The van der Waals surface area contributed by atoms with Gasteiger partial charge in [0.15, 0.2) is 0 Å². The number of hydrogen-bond acceptors (Lipinski definition) is 3. The first-order valence-electron chi connectivity index (χ1n) is 7.40. The zero-order valence-corrected chi connectivity index (χ0v) is 15.9. The van der Waals surface area contributed by atoms with Crippen LogP contribution in [0.1, 0.15) is 30.9 Å². The van der Waals surface area contributed by atoms with Crippen molar-refractivity contribution in [1.82, 2.24) is 0 Å². The van der Waals surface area contributed by atoms with Gasteiger partial charge in [-0.05, 0) is 41.8 Å². The highest BCUT2D eigenvalue weighted by atomic mass is 79.9. The van der Waals surface area contributed by atoms with E-state index < -0.39 is 11.6 Å². The number of benzene rings is 2. The van der Waals surface area contributed by atoms with Crippen LogP contribution in [0.25, 0.3) is 0 Å². The molecule has 23 heavy (non-hydrogen) atoms. The zero-order chi connectivity index (χ0) is 16.9. The molecule has 0 unspecified atom stereocenters. The minimum atomic E-state index is -1.82. The molecule has 0 saturated heterocycles. The topological polar surface area (TPSA) is 46.5 Å². The number of carbonyl (C=O) groups excluding carboxylic acids is 1. The number of halogens is 2. The Morgan fingerprint density at radius 2 is 1.43 bits per heavy atom. The second-order valence-corrected chi connectivity index (χ2v) is 7.05. The SMILES string of the molecule is CCCCOC(=O)C(O)(c1ccc(Br)cc1)c1ccc(Br)cc1. The van der Waals surface area contributed by atoms with Crippen molar-refractivity contribution in [2.75, 3.05) is 6.61 Å². The monoisotopic (exact) mass is 440 g/mol. The summed E-state index contributed by atoms with van der Waals surface area (Å²) in [5.41, 5.74) is -0.871. The minimum Gasteiger partial charge on any atom is -0.463 e. The summed E-state index contributed by atoms with van der Waals surface area (Å²) in [7, 11) is 0. The third-order valence-electron chi connectivity index (χ3n) is 3.55. The average Bonchev–Trinajstić information content (AvgIpc) is 2.55. The maximum atomic E-state index is 12.6. The van der Waals surface area contributed by atoms with Crippen molar-refractivity contribution in [2.24, 2.45) is 0 Å². The molecule has 0 bridgehead atoms. The van der Waals surface area contributed by atoms with Crippen LogP contribution in [0.4, 0.5) is 0 Å². The van der Waals surface area contributed by atoms with Crippen molar-refractivity contribution in [3.05, 3.63) is 68.6 Å².